The molecule has 0 radical (unpaired) electrons. The van der Waals surface area contributed by atoms with Gasteiger partial charge in [0.05, 0.1) is 0 Å². The molecule has 0 aromatic heterocycles. The van der Waals surface area contributed by atoms with Crippen molar-refractivity contribution in [2.24, 2.45) is 11.7 Å². The Balaban J connectivity index is 2.68. The Hall–Kier alpha value is -1.09. The van der Waals surface area contributed by atoms with Gasteiger partial charge < -0.3 is 11.1 Å². The van der Waals surface area contributed by atoms with E-state index in [-0.39, 0.29) is 0 Å². The second-order valence-corrected chi connectivity index (χ2v) is 5.63. The Morgan fingerprint density at radius 2 is 2.06 bits per heavy atom. The second kappa shape index (κ2) is 6.74. The van der Waals surface area contributed by atoms with Crippen LogP contribution in [0.3, 0.4) is 0 Å². The number of benzene rings is 1. The zero-order valence-electron chi connectivity index (χ0n) is 11.8. The smallest absolute Gasteiger partial charge is 0.104 e. The van der Waals surface area contributed by atoms with Crippen LogP contribution in [0.1, 0.15) is 44.7 Å². The van der Waals surface area contributed by atoms with Gasteiger partial charge in [0.1, 0.15) is 4.99 Å². The minimum absolute atomic E-state index is 0.465. The predicted molar refractivity (Wildman–Crippen MR) is 84.2 cm³/mol. The van der Waals surface area contributed by atoms with Gasteiger partial charge in [-0.2, -0.15) is 0 Å². The maximum atomic E-state index is 5.66. The number of hydrogen-bond donors (Lipinski definition) is 2. The Morgan fingerprint density at radius 1 is 1.39 bits per heavy atom. The van der Waals surface area contributed by atoms with E-state index in [0.717, 1.165) is 22.7 Å². The fraction of sp³-hybridized carbons (Fsp3) is 0.533. The average molecular weight is 264 g/mol. The Bertz CT molecular complexity index is 415. The summed E-state index contributed by atoms with van der Waals surface area (Å²) < 4.78 is 0. The van der Waals surface area contributed by atoms with Gasteiger partial charge in [0.15, 0.2) is 0 Å². The third-order valence-corrected chi connectivity index (χ3v) is 3.58. The Kier molecular flexibility index (Phi) is 5.60. The molecule has 0 aliphatic rings. The molecular weight excluding hydrogens is 240 g/mol. The van der Waals surface area contributed by atoms with Crippen LogP contribution in [-0.4, -0.2) is 11.0 Å². The first kappa shape index (κ1) is 15.0. The van der Waals surface area contributed by atoms with E-state index in [1.807, 2.05) is 13.0 Å². The van der Waals surface area contributed by atoms with E-state index < -0.39 is 0 Å². The molecule has 2 unspecified atom stereocenters. The van der Waals surface area contributed by atoms with E-state index in [0.29, 0.717) is 11.0 Å². The van der Waals surface area contributed by atoms with Crippen molar-refractivity contribution >= 4 is 22.9 Å². The lowest BCUT2D eigenvalue weighted by Crippen LogP contribution is -2.18. The minimum atomic E-state index is 0.465. The predicted octanol–water partition coefficient (Wildman–Crippen LogP) is 3.87. The number of nitrogens with two attached hydrogens (primary N) is 1. The average Bonchev–Trinajstić information content (AvgIpc) is 2.28. The van der Waals surface area contributed by atoms with Crippen LogP contribution in [0.2, 0.25) is 0 Å². The summed E-state index contributed by atoms with van der Waals surface area (Å²) in [6.07, 6.45) is 2.41. The molecule has 0 fully saturated rings. The zero-order chi connectivity index (χ0) is 13.7. The molecule has 100 valence electrons. The van der Waals surface area contributed by atoms with E-state index in [2.05, 4.69) is 38.2 Å². The van der Waals surface area contributed by atoms with Gasteiger partial charge in [-0.1, -0.05) is 32.5 Å². The topological polar surface area (TPSA) is 38.0 Å². The van der Waals surface area contributed by atoms with Gasteiger partial charge in [-0.25, -0.2) is 0 Å². The van der Waals surface area contributed by atoms with Crippen LogP contribution in [0.25, 0.3) is 0 Å². The molecule has 3 heteroatoms. The molecule has 0 heterocycles. The van der Waals surface area contributed by atoms with Crippen LogP contribution in [0.4, 0.5) is 5.69 Å². The number of hydrogen-bond acceptors (Lipinski definition) is 2. The van der Waals surface area contributed by atoms with Crippen molar-refractivity contribution in [2.45, 2.75) is 46.6 Å². The van der Waals surface area contributed by atoms with Crippen LogP contribution >= 0.6 is 12.2 Å². The molecule has 1 rings (SSSR count). The van der Waals surface area contributed by atoms with Gasteiger partial charge in [-0.05, 0) is 49.9 Å². The molecule has 0 amide bonds. The molecule has 3 N–H and O–H groups in total. The number of nitrogens with one attached hydrogen (secondary N) is 1. The van der Waals surface area contributed by atoms with Crippen LogP contribution in [0, 0.1) is 12.8 Å². The first-order chi connectivity index (χ1) is 8.43. The molecule has 0 saturated heterocycles. The number of rotatable bonds is 6. The maximum Gasteiger partial charge on any atom is 0.104 e. The molecular formula is C15H24N2S. The van der Waals surface area contributed by atoms with Crippen LogP contribution in [0.15, 0.2) is 18.2 Å². The number of aryl methyl sites for hydroxylation is 1. The Morgan fingerprint density at radius 3 is 2.56 bits per heavy atom. The molecule has 1 aromatic rings. The van der Waals surface area contributed by atoms with E-state index in [9.17, 15) is 0 Å². The lowest BCUT2D eigenvalue weighted by atomic mass is 10.00. The molecule has 0 saturated carbocycles. The lowest BCUT2D eigenvalue weighted by molar-refractivity contribution is 0.484. The summed E-state index contributed by atoms with van der Waals surface area (Å²) in [5.74, 6) is 0.754. The van der Waals surface area contributed by atoms with Crippen molar-refractivity contribution in [1.29, 1.82) is 0 Å². The van der Waals surface area contributed by atoms with Crippen molar-refractivity contribution in [2.75, 3.05) is 5.32 Å². The first-order valence-electron chi connectivity index (χ1n) is 6.61. The molecule has 2 nitrogen and oxygen atoms in total. The quantitative estimate of drug-likeness (QED) is 0.766. The molecule has 0 aliphatic heterocycles. The molecule has 18 heavy (non-hydrogen) atoms. The van der Waals surface area contributed by atoms with Crippen molar-refractivity contribution in [1.82, 2.24) is 0 Å². The van der Waals surface area contributed by atoms with Crippen LogP contribution in [-0.2, 0) is 0 Å². The van der Waals surface area contributed by atoms with E-state index >= 15 is 0 Å². The summed E-state index contributed by atoms with van der Waals surface area (Å²) in [6, 6.07) is 6.64. The van der Waals surface area contributed by atoms with Crippen molar-refractivity contribution in [3.8, 4) is 0 Å². The summed E-state index contributed by atoms with van der Waals surface area (Å²) in [5.41, 5.74) is 8.89. The van der Waals surface area contributed by atoms with Crippen LogP contribution in [0.5, 0.6) is 0 Å². The Labute approximate surface area is 116 Å². The molecule has 2 atom stereocenters. The monoisotopic (exact) mass is 264 g/mol. The van der Waals surface area contributed by atoms with Crippen molar-refractivity contribution < 1.29 is 0 Å². The minimum Gasteiger partial charge on any atom is -0.389 e. The van der Waals surface area contributed by atoms with Crippen molar-refractivity contribution in [3.05, 3.63) is 29.3 Å². The molecule has 0 spiro atoms. The highest BCUT2D eigenvalue weighted by molar-refractivity contribution is 7.80. The first-order valence-corrected chi connectivity index (χ1v) is 7.01. The number of anilines is 1. The van der Waals surface area contributed by atoms with E-state index in [1.54, 1.807) is 0 Å². The van der Waals surface area contributed by atoms with Gasteiger partial charge in [0, 0.05) is 17.3 Å². The fourth-order valence-electron chi connectivity index (χ4n) is 2.14. The zero-order valence-corrected chi connectivity index (χ0v) is 12.6. The highest BCUT2D eigenvalue weighted by atomic mass is 32.1. The highest BCUT2D eigenvalue weighted by Gasteiger charge is 2.08. The molecule has 1 aromatic carbocycles. The summed E-state index contributed by atoms with van der Waals surface area (Å²) in [7, 11) is 0. The molecule has 0 aliphatic carbocycles. The fourth-order valence-corrected chi connectivity index (χ4v) is 2.37. The van der Waals surface area contributed by atoms with Gasteiger partial charge in [-0.3, -0.25) is 0 Å². The van der Waals surface area contributed by atoms with Gasteiger partial charge >= 0.3 is 0 Å². The third kappa shape index (κ3) is 4.30. The standard InChI is InChI=1S/C15H24N2S/c1-5-10(2)8-12(4)17-13-6-7-14(15(16)18)11(3)9-13/h6-7,9-10,12,17H,5,8H2,1-4H3,(H2,16,18). The maximum absolute atomic E-state index is 5.66. The largest absolute Gasteiger partial charge is 0.389 e. The summed E-state index contributed by atoms with van der Waals surface area (Å²) in [4.78, 5) is 0.465. The van der Waals surface area contributed by atoms with Gasteiger partial charge in [-0.15, -0.1) is 0 Å². The van der Waals surface area contributed by atoms with E-state index in [1.165, 1.54) is 12.8 Å². The summed E-state index contributed by atoms with van der Waals surface area (Å²) in [5, 5.41) is 3.53. The van der Waals surface area contributed by atoms with Crippen molar-refractivity contribution in [3.63, 3.8) is 0 Å². The lowest BCUT2D eigenvalue weighted by Gasteiger charge is -2.19. The van der Waals surface area contributed by atoms with Crippen LogP contribution < -0.4 is 11.1 Å². The summed E-state index contributed by atoms with van der Waals surface area (Å²) in [6.45, 7) is 8.79. The summed E-state index contributed by atoms with van der Waals surface area (Å²) >= 11 is 5.01. The van der Waals surface area contributed by atoms with E-state index in [4.69, 9.17) is 18.0 Å². The van der Waals surface area contributed by atoms with Gasteiger partial charge in [0.2, 0.25) is 0 Å². The highest BCUT2D eigenvalue weighted by Crippen LogP contribution is 2.18. The molecule has 0 bridgehead atoms. The third-order valence-electron chi connectivity index (χ3n) is 3.36. The van der Waals surface area contributed by atoms with Gasteiger partial charge in [0.25, 0.3) is 0 Å². The second-order valence-electron chi connectivity index (χ2n) is 5.19. The SMILES string of the molecule is CCC(C)CC(C)Nc1ccc(C(N)=S)c(C)c1. The number of thiocarbonyl (C=S) groups is 1. The normalized spacial score (nSPS) is 14.0.